The van der Waals surface area contributed by atoms with Crippen molar-refractivity contribution in [3.63, 3.8) is 0 Å². The van der Waals surface area contributed by atoms with E-state index in [1.54, 1.807) is 17.8 Å². The van der Waals surface area contributed by atoms with Gasteiger partial charge in [-0.1, -0.05) is 0 Å². The van der Waals surface area contributed by atoms with Crippen LogP contribution in [0.3, 0.4) is 0 Å². The molecule has 1 radical (unpaired) electrons. The molecule has 1 aromatic rings. The molecule has 0 aromatic heterocycles. The van der Waals surface area contributed by atoms with E-state index in [4.69, 9.17) is 4.74 Å². The van der Waals surface area contributed by atoms with Crippen LogP contribution in [0.1, 0.15) is 6.92 Å². The Kier molecular flexibility index (Phi) is 3.17. The minimum absolute atomic E-state index is 0.304. The van der Waals surface area contributed by atoms with Crippen molar-refractivity contribution < 1.29 is 9.53 Å². The van der Waals surface area contributed by atoms with E-state index < -0.39 is 0 Å². The molecule has 0 spiro atoms. The van der Waals surface area contributed by atoms with E-state index in [0.29, 0.717) is 5.75 Å². The van der Waals surface area contributed by atoms with Crippen LogP contribution in [0.4, 0.5) is 0 Å². The number of rotatable bonds is 2. The van der Waals surface area contributed by atoms with Crippen LogP contribution in [0.15, 0.2) is 23.1 Å². The molecule has 0 saturated carbocycles. The lowest BCUT2D eigenvalue weighted by molar-refractivity contribution is -0.131. The second-order valence-corrected chi connectivity index (χ2v) is 3.08. The van der Waals surface area contributed by atoms with Crippen LogP contribution in [0.5, 0.6) is 5.75 Å². The second kappa shape index (κ2) is 4.16. The number of ether oxygens (including phenoxy) is 1. The van der Waals surface area contributed by atoms with Gasteiger partial charge in [-0.05, 0) is 30.5 Å². The molecule has 2 nitrogen and oxygen atoms in total. The summed E-state index contributed by atoms with van der Waals surface area (Å²) in [6.45, 7) is 1.38. The summed E-state index contributed by atoms with van der Waals surface area (Å²) in [5, 5.41) is 0. The molecule has 3 heteroatoms. The van der Waals surface area contributed by atoms with Gasteiger partial charge in [0.05, 0.1) is 0 Å². The lowest BCUT2D eigenvalue weighted by atomic mass is 10.3. The molecule has 0 atom stereocenters. The highest BCUT2D eigenvalue weighted by atomic mass is 32.2. The smallest absolute Gasteiger partial charge is 0.308 e. The van der Waals surface area contributed by atoms with Gasteiger partial charge < -0.3 is 4.74 Å². The van der Waals surface area contributed by atoms with Crippen LogP contribution in [0.25, 0.3) is 0 Å². The molecule has 0 aliphatic carbocycles. The highest BCUT2D eigenvalue weighted by molar-refractivity contribution is 7.98. The zero-order valence-corrected chi connectivity index (χ0v) is 7.77. The van der Waals surface area contributed by atoms with E-state index in [1.165, 1.54) is 6.92 Å². The Morgan fingerprint density at radius 3 is 2.92 bits per heavy atom. The molecular formula is C9H9O2S. The number of carbonyl (C=O) groups is 1. The Bertz CT molecular complexity index is 284. The SMILES string of the molecule is CSc1c[c]cc(OC(C)=O)c1. The van der Waals surface area contributed by atoms with Gasteiger partial charge in [-0.15, -0.1) is 11.8 Å². The zero-order chi connectivity index (χ0) is 8.97. The standard InChI is InChI=1S/C9H9O2S/c1-7(10)11-8-4-3-5-9(6-8)12-2/h4-6H,1-2H3. The summed E-state index contributed by atoms with van der Waals surface area (Å²) in [5.41, 5.74) is 0. The number of esters is 1. The highest BCUT2D eigenvalue weighted by Crippen LogP contribution is 2.20. The molecule has 1 rings (SSSR count). The van der Waals surface area contributed by atoms with Crippen molar-refractivity contribution in [3.05, 3.63) is 24.3 Å². The first-order valence-electron chi connectivity index (χ1n) is 3.46. The molecular weight excluding hydrogens is 172 g/mol. The average molecular weight is 181 g/mol. The molecule has 0 fully saturated rings. The predicted octanol–water partition coefficient (Wildman–Crippen LogP) is 2.13. The fourth-order valence-electron chi connectivity index (χ4n) is 0.772. The normalized spacial score (nSPS) is 9.50. The minimum atomic E-state index is -0.304. The van der Waals surface area contributed by atoms with Crippen LogP contribution < -0.4 is 4.74 Å². The summed E-state index contributed by atoms with van der Waals surface area (Å²) in [4.78, 5) is 11.6. The largest absolute Gasteiger partial charge is 0.427 e. The first-order chi connectivity index (χ1) is 5.72. The van der Waals surface area contributed by atoms with Gasteiger partial charge in [0.2, 0.25) is 0 Å². The molecule has 0 amide bonds. The number of thioether (sulfide) groups is 1. The summed E-state index contributed by atoms with van der Waals surface area (Å²) >= 11 is 1.59. The Hall–Kier alpha value is -0.960. The Balaban J connectivity index is 2.79. The number of carbonyl (C=O) groups excluding carboxylic acids is 1. The van der Waals surface area contributed by atoms with Gasteiger partial charge in [0, 0.05) is 11.8 Å². The predicted molar refractivity (Wildman–Crippen MR) is 48.4 cm³/mol. The monoisotopic (exact) mass is 181 g/mol. The maximum absolute atomic E-state index is 10.6. The molecule has 0 aliphatic heterocycles. The van der Waals surface area contributed by atoms with Crippen LogP contribution in [0, 0.1) is 6.07 Å². The molecule has 0 unspecified atom stereocenters. The van der Waals surface area contributed by atoms with Crippen molar-refractivity contribution in [2.45, 2.75) is 11.8 Å². The van der Waals surface area contributed by atoms with Gasteiger partial charge in [0.1, 0.15) is 5.75 Å². The summed E-state index contributed by atoms with van der Waals surface area (Å²) in [5.74, 6) is 0.246. The molecule has 1 aromatic carbocycles. The zero-order valence-electron chi connectivity index (χ0n) is 6.96. The van der Waals surface area contributed by atoms with Gasteiger partial charge in [0.25, 0.3) is 0 Å². The van der Waals surface area contributed by atoms with Crippen molar-refractivity contribution in [1.29, 1.82) is 0 Å². The first-order valence-corrected chi connectivity index (χ1v) is 4.68. The fourth-order valence-corrected chi connectivity index (χ4v) is 1.19. The lowest BCUT2D eigenvalue weighted by Crippen LogP contribution is -2.00. The molecule has 12 heavy (non-hydrogen) atoms. The second-order valence-electron chi connectivity index (χ2n) is 2.20. The summed E-state index contributed by atoms with van der Waals surface area (Å²) in [6.07, 6.45) is 1.96. The van der Waals surface area contributed by atoms with E-state index in [2.05, 4.69) is 6.07 Å². The third kappa shape index (κ3) is 2.58. The van der Waals surface area contributed by atoms with Crippen LogP contribution >= 0.6 is 11.8 Å². The van der Waals surface area contributed by atoms with Gasteiger partial charge in [-0.2, -0.15) is 0 Å². The van der Waals surface area contributed by atoms with E-state index in [-0.39, 0.29) is 5.97 Å². The molecule has 63 valence electrons. The topological polar surface area (TPSA) is 26.3 Å². The van der Waals surface area contributed by atoms with E-state index in [0.717, 1.165) is 4.90 Å². The Morgan fingerprint density at radius 2 is 2.33 bits per heavy atom. The summed E-state index contributed by atoms with van der Waals surface area (Å²) in [6, 6.07) is 8.18. The maximum atomic E-state index is 10.6. The molecule has 0 bridgehead atoms. The molecule has 0 aliphatic rings. The molecule has 0 N–H and O–H groups in total. The molecule has 0 saturated heterocycles. The molecule has 0 heterocycles. The number of benzene rings is 1. The van der Waals surface area contributed by atoms with Crippen molar-refractivity contribution in [1.82, 2.24) is 0 Å². The van der Waals surface area contributed by atoms with Gasteiger partial charge in [-0.25, -0.2) is 0 Å². The van der Waals surface area contributed by atoms with Crippen molar-refractivity contribution in [2.24, 2.45) is 0 Å². The number of hydrogen-bond donors (Lipinski definition) is 0. The first kappa shape index (κ1) is 9.13. The van der Waals surface area contributed by atoms with Gasteiger partial charge in [0.15, 0.2) is 0 Å². The van der Waals surface area contributed by atoms with Gasteiger partial charge in [-0.3, -0.25) is 4.79 Å². The average Bonchev–Trinajstić information content (AvgIpc) is 2.03. The number of hydrogen-bond acceptors (Lipinski definition) is 3. The van der Waals surface area contributed by atoms with Crippen LogP contribution in [-0.2, 0) is 4.79 Å². The third-order valence-electron chi connectivity index (χ3n) is 1.23. The van der Waals surface area contributed by atoms with Crippen LogP contribution in [0.2, 0.25) is 0 Å². The van der Waals surface area contributed by atoms with Crippen LogP contribution in [-0.4, -0.2) is 12.2 Å². The van der Waals surface area contributed by atoms with Gasteiger partial charge >= 0.3 is 5.97 Å². The van der Waals surface area contributed by atoms with E-state index >= 15 is 0 Å². The van der Waals surface area contributed by atoms with Crippen molar-refractivity contribution in [3.8, 4) is 5.75 Å². The van der Waals surface area contributed by atoms with E-state index in [9.17, 15) is 4.79 Å². The van der Waals surface area contributed by atoms with Crippen molar-refractivity contribution >= 4 is 17.7 Å². The third-order valence-corrected chi connectivity index (χ3v) is 1.94. The fraction of sp³-hybridized carbons (Fsp3) is 0.222. The summed E-state index contributed by atoms with van der Waals surface area (Å²) in [7, 11) is 0. The summed E-state index contributed by atoms with van der Waals surface area (Å²) < 4.78 is 4.87. The van der Waals surface area contributed by atoms with E-state index in [1.807, 2.05) is 18.4 Å². The Labute approximate surface area is 75.9 Å². The Morgan fingerprint density at radius 1 is 1.58 bits per heavy atom. The lowest BCUT2D eigenvalue weighted by Gasteiger charge is -2.01. The maximum Gasteiger partial charge on any atom is 0.308 e. The highest BCUT2D eigenvalue weighted by Gasteiger charge is 1.98. The quantitative estimate of drug-likeness (QED) is 0.397. The van der Waals surface area contributed by atoms with Crippen molar-refractivity contribution in [2.75, 3.05) is 6.26 Å². The minimum Gasteiger partial charge on any atom is -0.427 e.